The van der Waals surface area contributed by atoms with Gasteiger partial charge in [0, 0.05) is 0 Å². The van der Waals surface area contributed by atoms with Gasteiger partial charge in [-0.1, -0.05) is 53.7 Å². The van der Waals surface area contributed by atoms with Gasteiger partial charge in [-0.25, -0.2) is 0 Å². The van der Waals surface area contributed by atoms with Crippen LogP contribution in [-0.2, 0) is 4.74 Å². The Balaban J connectivity index is 2.35. The van der Waals surface area contributed by atoms with Crippen molar-refractivity contribution in [2.24, 2.45) is 10.8 Å². The molecule has 0 spiro atoms. The Morgan fingerprint density at radius 3 is 1.27 bits per heavy atom. The SMILES string of the molecule is CC(C)(C)C12C=CC(C(C)(C)C)(CC1)O2. The lowest BCUT2D eigenvalue weighted by molar-refractivity contribution is -0.127. The molecular formula is C14H24O. The van der Waals surface area contributed by atoms with Gasteiger partial charge in [-0.2, -0.15) is 0 Å². The highest BCUT2D eigenvalue weighted by molar-refractivity contribution is 5.29. The van der Waals surface area contributed by atoms with Crippen molar-refractivity contribution in [2.75, 3.05) is 0 Å². The van der Waals surface area contributed by atoms with Crippen LogP contribution in [0.2, 0.25) is 0 Å². The summed E-state index contributed by atoms with van der Waals surface area (Å²) in [6, 6.07) is 0. The standard InChI is InChI=1S/C14H24O/c1-11(2,3)13-7-9-14(15-13,10-8-13)12(4,5)6/h7,9H,8,10H2,1-6H3. The van der Waals surface area contributed by atoms with Gasteiger partial charge in [0.15, 0.2) is 0 Å². The van der Waals surface area contributed by atoms with Gasteiger partial charge in [-0.3, -0.25) is 0 Å². The smallest absolute Gasteiger partial charge is 0.0924 e. The second kappa shape index (κ2) is 2.68. The molecule has 0 aliphatic carbocycles. The van der Waals surface area contributed by atoms with Crippen LogP contribution in [0, 0.1) is 10.8 Å². The van der Waals surface area contributed by atoms with E-state index in [0.29, 0.717) is 0 Å². The molecular weight excluding hydrogens is 184 g/mol. The van der Waals surface area contributed by atoms with Gasteiger partial charge in [-0.15, -0.1) is 0 Å². The zero-order valence-corrected chi connectivity index (χ0v) is 11.0. The highest BCUT2D eigenvalue weighted by atomic mass is 16.5. The van der Waals surface area contributed by atoms with Crippen molar-refractivity contribution >= 4 is 0 Å². The van der Waals surface area contributed by atoms with E-state index in [1.165, 1.54) is 12.8 Å². The van der Waals surface area contributed by atoms with E-state index >= 15 is 0 Å². The van der Waals surface area contributed by atoms with Gasteiger partial charge in [0.2, 0.25) is 0 Å². The first kappa shape index (κ1) is 11.2. The Kier molecular flexibility index (Phi) is 2.00. The lowest BCUT2D eigenvalue weighted by Crippen LogP contribution is -2.43. The Bertz CT molecular complexity index is 272. The first-order valence-electron chi connectivity index (χ1n) is 6.03. The van der Waals surface area contributed by atoms with Gasteiger partial charge in [-0.05, 0) is 23.7 Å². The molecule has 0 aromatic heterocycles. The molecule has 0 aromatic rings. The highest BCUT2D eigenvalue weighted by Gasteiger charge is 2.60. The predicted octanol–water partition coefficient (Wildman–Crippen LogP) is 3.94. The minimum atomic E-state index is -0.0136. The average molecular weight is 208 g/mol. The second-order valence-electron chi connectivity index (χ2n) is 7.21. The van der Waals surface area contributed by atoms with Crippen LogP contribution in [-0.4, -0.2) is 11.2 Å². The van der Waals surface area contributed by atoms with Crippen molar-refractivity contribution in [1.29, 1.82) is 0 Å². The molecule has 0 aromatic carbocycles. The molecule has 1 nitrogen and oxygen atoms in total. The number of ether oxygens (including phenoxy) is 1. The van der Waals surface area contributed by atoms with Gasteiger partial charge < -0.3 is 4.74 Å². The van der Waals surface area contributed by atoms with E-state index < -0.39 is 0 Å². The molecule has 2 rings (SSSR count). The molecule has 2 heterocycles. The third kappa shape index (κ3) is 1.32. The summed E-state index contributed by atoms with van der Waals surface area (Å²) in [5, 5.41) is 0. The average Bonchev–Trinajstić information content (AvgIpc) is 2.57. The molecule has 0 saturated carbocycles. The van der Waals surface area contributed by atoms with Crippen molar-refractivity contribution in [2.45, 2.75) is 65.6 Å². The van der Waals surface area contributed by atoms with Crippen molar-refractivity contribution in [3.8, 4) is 0 Å². The fourth-order valence-corrected chi connectivity index (χ4v) is 2.86. The van der Waals surface area contributed by atoms with E-state index in [4.69, 9.17) is 4.74 Å². The normalized spacial score (nSPS) is 40.1. The maximum Gasteiger partial charge on any atom is 0.0924 e. The van der Waals surface area contributed by atoms with Crippen LogP contribution >= 0.6 is 0 Å². The Labute approximate surface area is 93.9 Å². The predicted molar refractivity (Wildman–Crippen MR) is 63.8 cm³/mol. The molecule has 1 heteroatoms. The number of fused-ring (bicyclic) bond motifs is 2. The molecule has 0 amide bonds. The summed E-state index contributed by atoms with van der Waals surface area (Å²) >= 11 is 0. The van der Waals surface area contributed by atoms with Gasteiger partial charge in [0.1, 0.15) is 0 Å². The molecule has 2 aliphatic rings. The maximum absolute atomic E-state index is 6.47. The summed E-state index contributed by atoms with van der Waals surface area (Å²) in [6.07, 6.45) is 6.98. The van der Waals surface area contributed by atoms with Crippen LogP contribution in [0.5, 0.6) is 0 Å². The highest BCUT2D eigenvalue weighted by Crippen LogP contribution is 2.59. The quantitative estimate of drug-likeness (QED) is 0.548. The Morgan fingerprint density at radius 2 is 1.13 bits per heavy atom. The summed E-state index contributed by atoms with van der Waals surface area (Å²) < 4.78 is 6.47. The molecule has 0 radical (unpaired) electrons. The van der Waals surface area contributed by atoms with Crippen LogP contribution in [0.4, 0.5) is 0 Å². The van der Waals surface area contributed by atoms with E-state index in [1.807, 2.05) is 0 Å². The Hall–Kier alpha value is -0.300. The van der Waals surface area contributed by atoms with Crippen LogP contribution in [0.3, 0.4) is 0 Å². The first-order chi connectivity index (χ1) is 6.62. The summed E-state index contributed by atoms with van der Waals surface area (Å²) in [5.41, 5.74) is 0.376. The summed E-state index contributed by atoms with van der Waals surface area (Å²) in [4.78, 5) is 0. The van der Waals surface area contributed by atoms with E-state index in [9.17, 15) is 0 Å². The fraction of sp³-hybridized carbons (Fsp3) is 0.857. The van der Waals surface area contributed by atoms with E-state index in [0.717, 1.165) is 0 Å². The minimum absolute atomic E-state index is 0.0136. The molecule has 2 bridgehead atoms. The molecule has 2 atom stereocenters. The summed E-state index contributed by atoms with van der Waals surface area (Å²) in [7, 11) is 0. The largest absolute Gasteiger partial charge is 0.359 e. The maximum atomic E-state index is 6.47. The van der Waals surface area contributed by atoms with Crippen molar-refractivity contribution in [3.05, 3.63) is 12.2 Å². The molecule has 15 heavy (non-hydrogen) atoms. The zero-order chi connectivity index (χ0) is 11.5. The molecule has 0 N–H and O–H groups in total. The van der Waals surface area contributed by atoms with Crippen LogP contribution in [0.25, 0.3) is 0 Å². The van der Waals surface area contributed by atoms with Crippen LogP contribution in [0.1, 0.15) is 54.4 Å². The zero-order valence-electron chi connectivity index (χ0n) is 11.0. The first-order valence-corrected chi connectivity index (χ1v) is 6.03. The molecule has 2 unspecified atom stereocenters. The van der Waals surface area contributed by atoms with Crippen LogP contribution < -0.4 is 0 Å². The summed E-state index contributed by atoms with van der Waals surface area (Å²) in [6.45, 7) is 13.7. The Morgan fingerprint density at radius 1 is 0.800 bits per heavy atom. The minimum Gasteiger partial charge on any atom is -0.359 e. The molecule has 2 aliphatic heterocycles. The number of rotatable bonds is 0. The molecule has 1 saturated heterocycles. The van der Waals surface area contributed by atoms with Gasteiger partial charge >= 0.3 is 0 Å². The lowest BCUT2D eigenvalue weighted by atomic mass is 9.68. The summed E-state index contributed by atoms with van der Waals surface area (Å²) in [5.74, 6) is 0. The van der Waals surface area contributed by atoms with Gasteiger partial charge in [0.25, 0.3) is 0 Å². The van der Waals surface area contributed by atoms with Crippen molar-refractivity contribution in [1.82, 2.24) is 0 Å². The monoisotopic (exact) mass is 208 g/mol. The second-order valence-corrected chi connectivity index (χ2v) is 7.21. The lowest BCUT2D eigenvalue weighted by Gasteiger charge is -2.40. The van der Waals surface area contributed by atoms with Crippen LogP contribution in [0.15, 0.2) is 12.2 Å². The third-order valence-corrected chi connectivity index (χ3v) is 4.39. The topological polar surface area (TPSA) is 9.23 Å². The van der Waals surface area contributed by atoms with Gasteiger partial charge in [0.05, 0.1) is 11.2 Å². The van der Waals surface area contributed by atoms with E-state index in [-0.39, 0.29) is 22.0 Å². The van der Waals surface area contributed by atoms with E-state index in [2.05, 4.69) is 53.7 Å². The van der Waals surface area contributed by atoms with Crippen molar-refractivity contribution in [3.63, 3.8) is 0 Å². The molecule has 86 valence electrons. The number of hydrogen-bond donors (Lipinski definition) is 0. The van der Waals surface area contributed by atoms with Crippen molar-refractivity contribution < 1.29 is 4.74 Å². The molecule has 1 fully saturated rings. The van der Waals surface area contributed by atoms with E-state index in [1.54, 1.807) is 0 Å². The third-order valence-electron chi connectivity index (χ3n) is 4.39. The number of hydrogen-bond acceptors (Lipinski definition) is 1. The fourth-order valence-electron chi connectivity index (χ4n) is 2.86.